The van der Waals surface area contributed by atoms with Crippen LogP contribution in [0.15, 0.2) is 41.6 Å². The molecule has 1 unspecified atom stereocenters. The highest BCUT2D eigenvalue weighted by atomic mass is 19.1. The Morgan fingerprint density at radius 2 is 1.96 bits per heavy atom. The van der Waals surface area contributed by atoms with Crippen LogP contribution >= 0.6 is 0 Å². The Labute approximate surface area is 153 Å². The lowest BCUT2D eigenvalue weighted by atomic mass is 9.97. The summed E-state index contributed by atoms with van der Waals surface area (Å²) in [5, 5.41) is 7.01. The van der Waals surface area contributed by atoms with E-state index in [4.69, 9.17) is 0 Å². The van der Waals surface area contributed by atoms with Gasteiger partial charge in [0.15, 0.2) is 0 Å². The zero-order valence-electron chi connectivity index (χ0n) is 16.7. The minimum absolute atomic E-state index is 0.157. The van der Waals surface area contributed by atoms with Crippen molar-refractivity contribution in [3.63, 3.8) is 0 Å². The summed E-state index contributed by atoms with van der Waals surface area (Å²) in [5.74, 6) is -0.157. The maximum Gasteiger partial charge on any atom is 0.126 e. The second kappa shape index (κ2) is 10.4. The molecule has 25 heavy (non-hydrogen) atoms. The van der Waals surface area contributed by atoms with E-state index in [1.54, 1.807) is 13.0 Å². The van der Waals surface area contributed by atoms with Gasteiger partial charge in [-0.05, 0) is 90.5 Å². The highest BCUT2D eigenvalue weighted by Crippen LogP contribution is 2.19. The highest BCUT2D eigenvalue weighted by molar-refractivity contribution is 5.37. The lowest BCUT2D eigenvalue weighted by molar-refractivity contribution is 0.382. The van der Waals surface area contributed by atoms with Gasteiger partial charge in [-0.25, -0.2) is 4.39 Å². The van der Waals surface area contributed by atoms with Crippen LogP contribution in [0.5, 0.6) is 0 Å². The van der Waals surface area contributed by atoms with E-state index in [0.717, 1.165) is 42.8 Å². The van der Waals surface area contributed by atoms with E-state index < -0.39 is 0 Å². The Morgan fingerprint density at radius 3 is 2.52 bits per heavy atom. The molecule has 0 fully saturated rings. The van der Waals surface area contributed by atoms with Crippen molar-refractivity contribution in [2.45, 2.75) is 46.7 Å². The third kappa shape index (κ3) is 7.84. The summed E-state index contributed by atoms with van der Waals surface area (Å²) >= 11 is 0. The predicted octanol–water partition coefficient (Wildman–Crippen LogP) is 4.00. The summed E-state index contributed by atoms with van der Waals surface area (Å²) in [5.41, 5.74) is 5.10. The summed E-state index contributed by atoms with van der Waals surface area (Å²) in [6, 6.07) is 5.30. The average Bonchev–Trinajstić information content (AvgIpc) is 2.51. The van der Waals surface area contributed by atoms with Crippen LogP contribution in [-0.4, -0.2) is 38.3 Å². The first-order valence-electron chi connectivity index (χ1n) is 8.96. The number of allylic oxidation sites excluding steroid dienone is 3. The number of hydrogen-bond acceptors (Lipinski definition) is 3. The van der Waals surface area contributed by atoms with E-state index in [9.17, 15) is 4.39 Å². The minimum atomic E-state index is -0.157. The normalized spacial score (nSPS) is 13.6. The van der Waals surface area contributed by atoms with Crippen LogP contribution in [0, 0.1) is 12.7 Å². The largest absolute Gasteiger partial charge is 0.373 e. The Balaban J connectivity index is 2.70. The van der Waals surface area contributed by atoms with Crippen LogP contribution in [0.3, 0.4) is 0 Å². The Hall–Kier alpha value is -1.65. The van der Waals surface area contributed by atoms with E-state index >= 15 is 0 Å². The molecule has 0 aromatic heterocycles. The molecule has 2 N–H and O–H groups in total. The Morgan fingerprint density at radius 1 is 1.28 bits per heavy atom. The van der Waals surface area contributed by atoms with Crippen LogP contribution in [0.1, 0.15) is 38.3 Å². The maximum atomic E-state index is 13.5. The average molecular weight is 348 g/mol. The second-order valence-electron chi connectivity index (χ2n) is 7.12. The third-order valence-corrected chi connectivity index (χ3v) is 4.24. The van der Waals surface area contributed by atoms with Crippen LogP contribution in [-0.2, 0) is 6.42 Å². The molecule has 0 heterocycles. The van der Waals surface area contributed by atoms with Crippen molar-refractivity contribution in [2.75, 3.05) is 27.2 Å². The first kappa shape index (κ1) is 21.4. The van der Waals surface area contributed by atoms with Crippen LogP contribution < -0.4 is 10.6 Å². The molecule has 0 saturated heterocycles. The maximum absolute atomic E-state index is 13.5. The van der Waals surface area contributed by atoms with Crippen molar-refractivity contribution in [3.05, 3.63) is 58.6 Å². The zero-order valence-corrected chi connectivity index (χ0v) is 16.7. The van der Waals surface area contributed by atoms with Gasteiger partial charge >= 0.3 is 0 Å². The molecule has 0 bridgehead atoms. The fourth-order valence-electron chi connectivity index (χ4n) is 2.80. The molecule has 0 spiro atoms. The molecule has 0 saturated carbocycles. The quantitative estimate of drug-likeness (QED) is 0.380. The number of benzene rings is 1. The standard InChI is InChI=1S/C21H34FN3/c1-15(2)20(14-19-9-10-21(22)16(3)13-19)17(4)24-18(5)23-11-8-12-25(6)7/h9-10,13,18,23-24H,1,8,11-12,14H2,2-7H3/b20-17-. The van der Waals surface area contributed by atoms with Gasteiger partial charge in [-0.3, -0.25) is 5.32 Å². The molecule has 1 aromatic rings. The van der Waals surface area contributed by atoms with Gasteiger partial charge in [-0.1, -0.05) is 24.3 Å². The fraction of sp³-hybridized carbons (Fsp3) is 0.524. The first-order chi connectivity index (χ1) is 11.7. The van der Waals surface area contributed by atoms with Crippen molar-refractivity contribution in [1.82, 2.24) is 15.5 Å². The Bertz CT molecular complexity index is 605. The summed E-state index contributed by atoms with van der Waals surface area (Å²) in [7, 11) is 4.18. The molecule has 3 nitrogen and oxygen atoms in total. The van der Waals surface area contributed by atoms with Gasteiger partial charge in [0.1, 0.15) is 5.82 Å². The number of nitrogens with one attached hydrogen (secondary N) is 2. The molecule has 0 aliphatic rings. The monoisotopic (exact) mass is 347 g/mol. The van der Waals surface area contributed by atoms with Crippen LogP contribution in [0.4, 0.5) is 4.39 Å². The van der Waals surface area contributed by atoms with E-state index in [1.807, 2.05) is 19.1 Å². The molecule has 1 atom stereocenters. The van der Waals surface area contributed by atoms with Crippen molar-refractivity contribution in [2.24, 2.45) is 0 Å². The highest BCUT2D eigenvalue weighted by Gasteiger charge is 2.09. The molecule has 1 rings (SSSR count). The van der Waals surface area contributed by atoms with Gasteiger partial charge in [0.05, 0.1) is 6.17 Å². The molecule has 0 radical (unpaired) electrons. The fourth-order valence-corrected chi connectivity index (χ4v) is 2.80. The smallest absolute Gasteiger partial charge is 0.126 e. The van der Waals surface area contributed by atoms with E-state index in [0.29, 0.717) is 5.56 Å². The summed E-state index contributed by atoms with van der Waals surface area (Å²) in [6.07, 6.45) is 2.05. The summed E-state index contributed by atoms with van der Waals surface area (Å²) in [4.78, 5) is 2.19. The second-order valence-corrected chi connectivity index (χ2v) is 7.12. The minimum Gasteiger partial charge on any atom is -0.373 e. The van der Waals surface area contributed by atoms with Crippen molar-refractivity contribution >= 4 is 0 Å². The molecule has 1 aromatic carbocycles. The van der Waals surface area contributed by atoms with Gasteiger partial charge in [-0.2, -0.15) is 0 Å². The molecular formula is C21H34FN3. The van der Waals surface area contributed by atoms with E-state index in [2.05, 4.69) is 50.1 Å². The first-order valence-corrected chi connectivity index (χ1v) is 8.96. The molecular weight excluding hydrogens is 313 g/mol. The lowest BCUT2D eigenvalue weighted by Crippen LogP contribution is -2.40. The Kier molecular flexibility index (Phi) is 8.87. The van der Waals surface area contributed by atoms with Crippen molar-refractivity contribution in [1.29, 1.82) is 0 Å². The number of aryl methyl sites for hydroxylation is 1. The third-order valence-electron chi connectivity index (χ3n) is 4.24. The number of hydrogen-bond donors (Lipinski definition) is 2. The molecule has 0 aliphatic heterocycles. The molecule has 140 valence electrons. The van der Waals surface area contributed by atoms with Crippen molar-refractivity contribution in [3.8, 4) is 0 Å². The predicted molar refractivity (Wildman–Crippen MR) is 106 cm³/mol. The van der Waals surface area contributed by atoms with Crippen molar-refractivity contribution < 1.29 is 4.39 Å². The van der Waals surface area contributed by atoms with E-state index in [-0.39, 0.29) is 12.0 Å². The molecule has 0 aliphatic carbocycles. The van der Waals surface area contributed by atoms with Gasteiger partial charge < -0.3 is 10.2 Å². The van der Waals surface area contributed by atoms with Gasteiger partial charge in [-0.15, -0.1) is 0 Å². The van der Waals surface area contributed by atoms with Crippen LogP contribution in [0.25, 0.3) is 0 Å². The van der Waals surface area contributed by atoms with Gasteiger partial charge in [0, 0.05) is 5.70 Å². The topological polar surface area (TPSA) is 27.3 Å². The summed E-state index contributed by atoms with van der Waals surface area (Å²) < 4.78 is 13.5. The van der Waals surface area contributed by atoms with Gasteiger partial charge in [0.25, 0.3) is 0 Å². The SMILES string of the molecule is C=C(C)/C(Cc1ccc(F)c(C)c1)=C(/C)NC(C)NCCCN(C)C. The number of halogens is 1. The summed E-state index contributed by atoms with van der Waals surface area (Å²) in [6.45, 7) is 14.2. The van der Waals surface area contributed by atoms with Gasteiger partial charge in [0.2, 0.25) is 0 Å². The molecule has 4 heteroatoms. The number of nitrogens with zero attached hydrogens (tertiary/aromatic N) is 1. The van der Waals surface area contributed by atoms with Crippen LogP contribution in [0.2, 0.25) is 0 Å². The van der Waals surface area contributed by atoms with E-state index in [1.165, 1.54) is 5.57 Å². The number of rotatable bonds is 10. The molecule has 0 amide bonds. The zero-order chi connectivity index (χ0) is 19.0. The lowest BCUT2D eigenvalue weighted by Gasteiger charge is -2.21.